The van der Waals surface area contributed by atoms with Gasteiger partial charge in [0, 0.05) is 50.4 Å². The summed E-state index contributed by atoms with van der Waals surface area (Å²) in [6.45, 7) is 5.46. The Hall–Kier alpha value is -1.28. The van der Waals surface area contributed by atoms with Crippen molar-refractivity contribution < 1.29 is 4.74 Å². The third-order valence-electron chi connectivity index (χ3n) is 3.50. The van der Waals surface area contributed by atoms with Crippen molar-refractivity contribution in [2.45, 2.75) is 26.0 Å². The SMILES string of the molecule is CCO[C@H](CCN(C)C)CNCc1nc(-c2cnn(C)c2)cs1. The average Bonchev–Trinajstić information content (AvgIpc) is 3.13. The molecule has 7 heteroatoms. The van der Waals surface area contributed by atoms with E-state index in [4.69, 9.17) is 4.74 Å². The first kappa shape index (κ1) is 18.1. The molecular weight excluding hydrogens is 310 g/mol. The van der Waals surface area contributed by atoms with E-state index in [-0.39, 0.29) is 6.10 Å². The number of ether oxygens (including phenoxy) is 1. The summed E-state index contributed by atoms with van der Waals surface area (Å²) in [6.07, 6.45) is 5.12. The van der Waals surface area contributed by atoms with Gasteiger partial charge in [-0.2, -0.15) is 5.10 Å². The first-order chi connectivity index (χ1) is 11.1. The molecule has 128 valence electrons. The number of hydrogen-bond donors (Lipinski definition) is 1. The topological polar surface area (TPSA) is 55.2 Å². The monoisotopic (exact) mass is 337 g/mol. The number of rotatable bonds is 10. The first-order valence-corrected chi connectivity index (χ1v) is 8.87. The standard InChI is InChI=1S/C16H27N5OS/c1-5-22-14(6-7-20(2)3)9-17-10-16-19-15(12-23-16)13-8-18-21(4)11-13/h8,11-12,14,17H,5-7,9-10H2,1-4H3/t14-/m1/s1. The zero-order valence-corrected chi connectivity index (χ0v) is 15.3. The van der Waals surface area contributed by atoms with Crippen molar-refractivity contribution in [2.24, 2.45) is 7.05 Å². The molecule has 0 aliphatic heterocycles. The summed E-state index contributed by atoms with van der Waals surface area (Å²) >= 11 is 1.68. The lowest BCUT2D eigenvalue weighted by atomic mass is 10.2. The molecule has 2 aromatic rings. The van der Waals surface area contributed by atoms with Gasteiger partial charge in [-0.1, -0.05) is 0 Å². The van der Waals surface area contributed by atoms with Crippen molar-refractivity contribution in [2.75, 3.05) is 33.8 Å². The molecule has 1 atom stereocenters. The zero-order chi connectivity index (χ0) is 16.7. The fourth-order valence-electron chi connectivity index (χ4n) is 2.30. The lowest BCUT2D eigenvalue weighted by molar-refractivity contribution is 0.0517. The van der Waals surface area contributed by atoms with Crippen LogP contribution in [-0.4, -0.2) is 59.6 Å². The Kier molecular flexibility index (Phi) is 7.16. The van der Waals surface area contributed by atoms with Crippen LogP contribution >= 0.6 is 11.3 Å². The molecule has 0 saturated heterocycles. The zero-order valence-electron chi connectivity index (χ0n) is 14.5. The molecule has 0 fully saturated rings. The summed E-state index contributed by atoms with van der Waals surface area (Å²) in [4.78, 5) is 6.85. The van der Waals surface area contributed by atoms with Crippen molar-refractivity contribution in [1.82, 2.24) is 25.0 Å². The molecule has 0 radical (unpaired) electrons. The Labute approximate surface area is 142 Å². The number of thiazole rings is 1. The van der Waals surface area contributed by atoms with Crippen molar-refractivity contribution in [1.29, 1.82) is 0 Å². The van der Waals surface area contributed by atoms with Crippen LogP contribution in [0.1, 0.15) is 18.4 Å². The molecule has 6 nitrogen and oxygen atoms in total. The fourth-order valence-corrected chi connectivity index (χ4v) is 3.07. The van der Waals surface area contributed by atoms with Crippen LogP contribution in [0.2, 0.25) is 0 Å². The fraction of sp³-hybridized carbons (Fsp3) is 0.625. The number of aromatic nitrogens is 3. The molecule has 0 spiro atoms. The van der Waals surface area contributed by atoms with Gasteiger partial charge in [-0.3, -0.25) is 4.68 Å². The second kappa shape index (κ2) is 9.12. The number of hydrogen-bond acceptors (Lipinski definition) is 6. The van der Waals surface area contributed by atoms with Crippen LogP contribution in [0, 0.1) is 0 Å². The van der Waals surface area contributed by atoms with Crippen LogP contribution in [0.4, 0.5) is 0 Å². The third-order valence-corrected chi connectivity index (χ3v) is 4.35. The molecule has 0 unspecified atom stereocenters. The Bertz CT molecular complexity index is 581. The predicted molar refractivity (Wildman–Crippen MR) is 94.6 cm³/mol. The van der Waals surface area contributed by atoms with Crippen LogP contribution in [-0.2, 0) is 18.3 Å². The third kappa shape index (κ3) is 6.02. The highest BCUT2D eigenvalue weighted by Gasteiger charge is 2.10. The molecule has 0 amide bonds. The molecular formula is C16H27N5OS. The molecule has 0 aliphatic rings. The highest BCUT2D eigenvalue weighted by molar-refractivity contribution is 7.09. The summed E-state index contributed by atoms with van der Waals surface area (Å²) in [5, 5.41) is 10.8. The quantitative estimate of drug-likeness (QED) is 0.718. The van der Waals surface area contributed by atoms with E-state index in [0.29, 0.717) is 0 Å². The van der Waals surface area contributed by atoms with E-state index in [2.05, 4.69) is 39.8 Å². The van der Waals surface area contributed by atoms with E-state index >= 15 is 0 Å². The summed E-state index contributed by atoms with van der Waals surface area (Å²) in [6, 6.07) is 0. The van der Waals surface area contributed by atoms with Crippen molar-refractivity contribution in [3.63, 3.8) is 0 Å². The van der Waals surface area contributed by atoms with Crippen LogP contribution < -0.4 is 5.32 Å². The molecule has 2 rings (SSSR count). The van der Waals surface area contributed by atoms with Gasteiger partial charge >= 0.3 is 0 Å². The Morgan fingerprint density at radius 1 is 1.43 bits per heavy atom. The van der Waals surface area contributed by atoms with Crippen molar-refractivity contribution >= 4 is 11.3 Å². The van der Waals surface area contributed by atoms with Crippen LogP contribution in [0.25, 0.3) is 11.3 Å². The minimum Gasteiger partial charge on any atom is -0.377 e. The van der Waals surface area contributed by atoms with Gasteiger partial charge < -0.3 is 15.0 Å². The second-order valence-corrected chi connectivity index (χ2v) is 6.77. The summed E-state index contributed by atoms with van der Waals surface area (Å²) in [5.74, 6) is 0. The minimum absolute atomic E-state index is 0.250. The molecule has 2 aromatic heterocycles. The van der Waals surface area contributed by atoms with Crippen molar-refractivity contribution in [3.05, 3.63) is 22.8 Å². The van der Waals surface area contributed by atoms with Gasteiger partial charge in [0.1, 0.15) is 5.01 Å². The number of aryl methyl sites for hydroxylation is 1. The van der Waals surface area contributed by atoms with Gasteiger partial charge in [-0.15, -0.1) is 11.3 Å². The molecule has 23 heavy (non-hydrogen) atoms. The predicted octanol–water partition coefficient (Wildman–Crippen LogP) is 1.99. The number of nitrogens with zero attached hydrogens (tertiary/aromatic N) is 4. The van der Waals surface area contributed by atoms with Gasteiger partial charge in [0.25, 0.3) is 0 Å². The van der Waals surface area contributed by atoms with Crippen LogP contribution in [0.5, 0.6) is 0 Å². The maximum atomic E-state index is 5.79. The second-order valence-electron chi connectivity index (χ2n) is 5.83. The van der Waals surface area contributed by atoms with E-state index in [0.717, 1.165) is 48.9 Å². The molecule has 0 saturated carbocycles. The normalized spacial score (nSPS) is 12.9. The lowest BCUT2D eigenvalue weighted by Crippen LogP contribution is -2.31. The maximum absolute atomic E-state index is 5.79. The van der Waals surface area contributed by atoms with E-state index in [1.54, 1.807) is 16.0 Å². The first-order valence-electron chi connectivity index (χ1n) is 7.99. The smallest absolute Gasteiger partial charge is 0.107 e. The minimum atomic E-state index is 0.250. The van der Waals surface area contributed by atoms with Gasteiger partial charge in [-0.05, 0) is 27.4 Å². The van der Waals surface area contributed by atoms with E-state index in [9.17, 15) is 0 Å². The average molecular weight is 337 g/mol. The molecule has 0 aliphatic carbocycles. The molecule has 1 N–H and O–H groups in total. The van der Waals surface area contributed by atoms with Gasteiger partial charge in [0.2, 0.25) is 0 Å². The Morgan fingerprint density at radius 2 is 2.26 bits per heavy atom. The van der Waals surface area contributed by atoms with Gasteiger partial charge in [-0.25, -0.2) is 4.98 Å². The summed E-state index contributed by atoms with van der Waals surface area (Å²) in [5.41, 5.74) is 2.06. The van der Waals surface area contributed by atoms with Crippen molar-refractivity contribution in [3.8, 4) is 11.3 Å². The Morgan fingerprint density at radius 3 is 2.91 bits per heavy atom. The van der Waals surface area contributed by atoms with E-state index < -0.39 is 0 Å². The molecule has 0 aromatic carbocycles. The van der Waals surface area contributed by atoms with Crippen LogP contribution in [0.3, 0.4) is 0 Å². The molecule has 0 bridgehead atoms. The molecule has 2 heterocycles. The lowest BCUT2D eigenvalue weighted by Gasteiger charge is -2.19. The van der Waals surface area contributed by atoms with Gasteiger partial charge in [0.05, 0.1) is 18.0 Å². The summed E-state index contributed by atoms with van der Waals surface area (Å²) in [7, 11) is 6.10. The van der Waals surface area contributed by atoms with E-state index in [1.807, 2.05) is 26.4 Å². The van der Waals surface area contributed by atoms with Crippen LogP contribution in [0.15, 0.2) is 17.8 Å². The highest BCUT2D eigenvalue weighted by atomic mass is 32.1. The van der Waals surface area contributed by atoms with E-state index in [1.165, 1.54) is 0 Å². The largest absolute Gasteiger partial charge is 0.377 e. The summed E-state index contributed by atoms with van der Waals surface area (Å²) < 4.78 is 7.59. The highest BCUT2D eigenvalue weighted by Crippen LogP contribution is 2.20. The van der Waals surface area contributed by atoms with Gasteiger partial charge in [0.15, 0.2) is 0 Å². The maximum Gasteiger partial charge on any atom is 0.107 e. The number of nitrogens with one attached hydrogen (secondary N) is 1. The Balaban J connectivity index is 1.79.